The molecule has 0 unspecified atom stereocenters. The maximum atomic E-state index is 5.22. The van der Waals surface area contributed by atoms with Crippen LogP contribution in [-0.4, -0.2) is 15.0 Å². The Balaban J connectivity index is 0.996. The maximum absolute atomic E-state index is 5.22. The molecule has 0 atom stereocenters. The fourth-order valence-corrected chi connectivity index (χ4v) is 8.33. The highest BCUT2D eigenvalue weighted by atomic mass is 14.9. The normalized spacial score (nSPS) is 11.4. The van der Waals surface area contributed by atoms with E-state index in [1.165, 1.54) is 54.4 Å². The van der Waals surface area contributed by atoms with Crippen LogP contribution in [0.25, 0.3) is 110 Å². The first kappa shape index (κ1) is 33.6. The molecular formula is C55H35N3. The average molecular weight is 738 g/mol. The SMILES string of the molecule is c1ccc2cc(-c3ccc(-c4cc(-c5ccc(-c6cncc7ccccc67)cc5)nc(-c5ccc(-c6cc7ccccc7c7ccccc67)cc5)n4)cc3)ccc2c1. The van der Waals surface area contributed by atoms with E-state index in [0.717, 1.165) is 50.2 Å². The molecule has 0 N–H and O–H groups in total. The largest absolute Gasteiger partial charge is 0.263 e. The van der Waals surface area contributed by atoms with Gasteiger partial charge in [-0.15, -0.1) is 0 Å². The van der Waals surface area contributed by atoms with Gasteiger partial charge in [-0.3, -0.25) is 4.98 Å². The molecular weight excluding hydrogens is 703 g/mol. The van der Waals surface area contributed by atoms with E-state index in [9.17, 15) is 0 Å². The number of rotatable bonds is 6. The first-order valence-corrected chi connectivity index (χ1v) is 19.7. The van der Waals surface area contributed by atoms with Gasteiger partial charge < -0.3 is 0 Å². The molecule has 11 aromatic rings. The van der Waals surface area contributed by atoms with E-state index in [0.29, 0.717) is 5.82 Å². The van der Waals surface area contributed by atoms with Crippen LogP contribution in [0, 0.1) is 0 Å². The van der Waals surface area contributed by atoms with Gasteiger partial charge in [-0.1, -0.05) is 182 Å². The second kappa shape index (κ2) is 14.1. The fourth-order valence-electron chi connectivity index (χ4n) is 8.33. The molecule has 0 saturated carbocycles. The van der Waals surface area contributed by atoms with Crippen LogP contribution in [0.1, 0.15) is 0 Å². The molecule has 11 rings (SSSR count). The molecule has 3 nitrogen and oxygen atoms in total. The minimum atomic E-state index is 0.684. The molecule has 0 aliphatic rings. The molecule has 0 bridgehead atoms. The topological polar surface area (TPSA) is 38.7 Å². The first-order chi connectivity index (χ1) is 28.7. The van der Waals surface area contributed by atoms with E-state index in [4.69, 9.17) is 9.97 Å². The summed E-state index contributed by atoms with van der Waals surface area (Å²) in [5, 5.41) is 9.78. The summed E-state index contributed by atoms with van der Waals surface area (Å²) in [7, 11) is 0. The molecule has 0 amide bonds. The Hall–Kier alpha value is -7.75. The second-order valence-electron chi connectivity index (χ2n) is 14.9. The summed E-state index contributed by atoms with van der Waals surface area (Å²) < 4.78 is 0. The van der Waals surface area contributed by atoms with Crippen molar-refractivity contribution in [2.75, 3.05) is 0 Å². The van der Waals surface area contributed by atoms with Crippen molar-refractivity contribution in [2.24, 2.45) is 0 Å². The molecule has 2 aromatic heterocycles. The number of fused-ring (bicyclic) bond motifs is 5. The van der Waals surface area contributed by atoms with Crippen LogP contribution in [0.3, 0.4) is 0 Å². The van der Waals surface area contributed by atoms with Crippen molar-refractivity contribution < 1.29 is 0 Å². The maximum Gasteiger partial charge on any atom is 0.160 e. The third kappa shape index (κ3) is 6.07. The van der Waals surface area contributed by atoms with Crippen molar-refractivity contribution in [3.8, 4) is 67.3 Å². The van der Waals surface area contributed by atoms with Crippen molar-refractivity contribution in [1.82, 2.24) is 15.0 Å². The number of benzene rings is 9. The highest BCUT2D eigenvalue weighted by Crippen LogP contribution is 2.37. The summed E-state index contributed by atoms with van der Waals surface area (Å²) in [6.45, 7) is 0. The highest BCUT2D eigenvalue weighted by molar-refractivity contribution is 6.13. The predicted octanol–water partition coefficient (Wildman–Crippen LogP) is 14.5. The zero-order valence-corrected chi connectivity index (χ0v) is 31.5. The molecule has 0 aliphatic carbocycles. The van der Waals surface area contributed by atoms with Gasteiger partial charge in [-0.25, -0.2) is 9.97 Å². The van der Waals surface area contributed by atoms with E-state index in [2.05, 4.69) is 205 Å². The third-order valence-corrected chi connectivity index (χ3v) is 11.4. The van der Waals surface area contributed by atoms with E-state index in [-0.39, 0.29) is 0 Å². The number of nitrogens with zero attached hydrogens (tertiary/aromatic N) is 3. The van der Waals surface area contributed by atoms with E-state index >= 15 is 0 Å². The van der Waals surface area contributed by atoms with Crippen LogP contribution < -0.4 is 0 Å². The average Bonchev–Trinajstić information content (AvgIpc) is 3.31. The monoisotopic (exact) mass is 737 g/mol. The molecule has 270 valence electrons. The molecule has 3 heteroatoms. The second-order valence-corrected chi connectivity index (χ2v) is 14.9. The van der Waals surface area contributed by atoms with Gasteiger partial charge in [-0.2, -0.15) is 0 Å². The van der Waals surface area contributed by atoms with Crippen molar-refractivity contribution in [3.05, 3.63) is 213 Å². The van der Waals surface area contributed by atoms with Gasteiger partial charge >= 0.3 is 0 Å². The Bertz CT molecular complexity index is 3310. The van der Waals surface area contributed by atoms with Crippen LogP contribution in [-0.2, 0) is 0 Å². The van der Waals surface area contributed by atoms with Crippen LogP contribution in [0.4, 0.5) is 0 Å². The van der Waals surface area contributed by atoms with Crippen molar-refractivity contribution in [3.63, 3.8) is 0 Å². The smallest absolute Gasteiger partial charge is 0.160 e. The summed E-state index contributed by atoms with van der Waals surface area (Å²) >= 11 is 0. The molecule has 0 aliphatic heterocycles. The van der Waals surface area contributed by atoms with Gasteiger partial charge in [0.05, 0.1) is 11.4 Å². The summed E-state index contributed by atoms with van der Waals surface area (Å²) in [4.78, 5) is 15.0. The summed E-state index contributed by atoms with van der Waals surface area (Å²) in [5.41, 5.74) is 11.7. The van der Waals surface area contributed by atoms with Crippen molar-refractivity contribution >= 4 is 43.1 Å². The predicted molar refractivity (Wildman–Crippen MR) is 242 cm³/mol. The lowest BCUT2D eigenvalue weighted by Gasteiger charge is -2.13. The summed E-state index contributed by atoms with van der Waals surface area (Å²) in [5.74, 6) is 0.684. The number of aromatic nitrogens is 3. The fraction of sp³-hybridized carbons (Fsp3) is 0. The standard InChI is InChI=1S/C55H35N3/c1-2-10-43-31-44(30-19-36(43)9-1)37-17-24-40(25-18-37)53-33-54(41-26-20-39(21-27-41)52-35-56-34-46-12-4-6-14-48(46)52)58-55(57-53)42-28-22-38(23-29-42)51-32-45-11-3-5-13-47(45)49-15-7-8-16-50(49)51/h1-35H. The molecule has 0 fully saturated rings. The Kier molecular flexibility index (Phi) is 8.15. The number of hydrogen-bond donors (Lipinski definition) is 0. The van der Waals surface area contributed by atoms with Gasteiger partial charge in [0.25, 0.3) is 0 Å². The van der Waals surface area contributed by atoms with Crippen molar-refractivity contribution in [2.45, 2.75) is 0 Å². The molecule has 58 heavy (non-hydrogen) atoms. The Morgan fingerprint density at radius 1 is 0.259 bits per heavy atom. The molecule has 0 saturated heterocycles. The highest BCUT2D eigenvalue weighted by Gasteiger charge is 2.14. The lowest BCUT2D eigenvalue weighted by atomic mass is 9.93. The summed E-state index contributed by atoms with van der Waals surface area (Å²) in [6, 6.07) is 71.3. The van der Waals surface area contributed by atoms with Crippen LogP contribution in [0.2, 0.25) is 0 Å². The molecule has 0 radical (unpaired) electrons. The van der Waals surface area contributed by atoms with Gasteiger partial charge in [0.2, 0.25) is 0 Å². The lowest BCUT2D eigenvalue weighted by molar-refractivity contribution is 1.18. The molecule has 2 heterocycles. The van der Waals surface area contributed by atoms with Gasteiger partial charge in [0, 0.05) is 40.0 Å². The van der Waals surface area contributed by atoms with Gasteiger partial charge in [0.1, 0.15) is 0 Å². The minimum absolute atomic E-state index is 0.684. The lowest BCUT2D eigenvalue weighted by Crippen LogP contribution is -1.96. The zero-order valence-electron chi connectivity index (χ0n) is 31.5. The number of hydrogen-bond acceptors (Lipinski definition) is 3. The Morgan fingerprint density at radius 2 is 0.759 bits per heavy atom. The Morgan fingerprint density at radius 3 is 1.47 bits per heavy atom. The van der Waals surface area contributed by atoms with Crippen LogP contribution in [0.15, 0.2) is 213 Å². The first-order valence-electron chi connectivity index (χ1n) is 19.7. The van der Waals surface area contributed by atoms with E-state index in [1.807, 2.05) is 12.4 Å². The van der Waals surface area contributed by atoms with E-state index < -0.39 is 0 Å². The van der Waals surface area contributed by atoms with Gasteiger partial charge in [0.15, 0.2) is 5.82 Å². The minimum Gasteiger partial charge on any atom is -0.263 e. The molecule has 9 aromatic carbocycles. The quantitative estimate of drug-likeness (QED) is 0.160. The van der Waals surface area contributed by atoms with Gasteiger partial charge in [-0.05, 0) is 83.7 Å². The molecule has 0 spiro atoms. The number of pyridine rings is 1. The third-order valence-electron chi connectivity index (χ3n) is 11.4. The van der Waals surface area contributed by atoms with Crippen LogP contribution in [0.5, 0.6) is 0 Å². The van der Waals surface area contributed by atoms with E-state index in [1.54, 1.807) is 0 Å². The van der Waals surface area contributed by atoms with Crippen molar-refractivity contribution in [1.29, 1.82) is 0 Å². The zero-order chi connectivity index (χ0) is 38.4. The summed E-state index contributed by atoms with van der Waals surface area (Å²) in [6.07, 6.45) is 3.87. The van der Waals surface area contributed by atoms with Crippen LogP contribution >= 0.6 is 0 Å². The Labute approximate surface area is 336 Å².